The predicted molar refractivity (Wildman–Crippen MR) is 169 cm³/mol. The van der Waals surface area contributed by atoms with Crippen molar-refractivity contribution in [1.82, 2.24) is 19.9 Å². The van der Waals surface area contributed by atoms with Gasteiger partial charge in [0.15, 0.2) is 0 Å². The Morgan fingerprint density at radius 1 is 0.981 bits per heavy atom. The Kier molecular flexibility index (Phi) is 12.7. The topological polar surface area (TPSA) is 150 Å². The molecule has 2 N–H and O–H groups in total. The normalized spacial score (nSPS) is 19.5. The van der Waals surface area contributed by atoms with Gasteiger partial charge in [0.2, 0.25) is 5.88 Å². The van der Waals surface area contributed by atoms with Crippen LogP contribution in [0.1, 0.15) is 66.5 Å². The molecule has 19 heteroatoms. The van der Waals surface area contributed by atoms with Gasteiger partial charge in [-0.25, -0.2) is 19.7 Å². The van der Waals surface area contributed by atoms with E-state index in [0.29, 0.717) is 29.2 Å². The molecule has 4 heterocycles. The van der Waals surface area contributed by atoms with Gasteiger partial charge in [0.05, 0.1) is 65.7 Å². The number of anilines is 2. The fourth-order valence-electron chi connectivity index (χ4n) is 6.41. The van der Waals surface area contributed by atoms with Crippen molar-refractivity contribution < 1.29 is 80.1 Å². The molecule has 276 valence electrons. The summed E-state index contributed by atoms with van der Waals surface area (Å²) in [6, 6.07) is 4.49. The summed E-state index contributed by atoms with van der Waals surface area (Å²) >= 11 is 0. The second-order valence-corrected chi connectivity index (χ2v) is 12.3. The van der Waals surface area contributed by atoms with Crippen molar-refractivity contribution in [2.45, 2.75) is 57.0 Å². The maximum atomic E-state index is 13.8. The molecule has 0 radical (unpaired) electrons. The molecular weight excluding hydrogens is 711 g/mol. The van der Waals surface area contributed by atoms with Crippen LogP contribution in [0, 0.1) is 0 Å². The molecule has 0 spiro atoms. The number of aliphatic carboxylic acids is 1. The standard InChI is InChI=1S/C33H37F6N7O5.Na/c1-4-31(40)16-22(28-24(6-7-26(43-28)50-3)46(31)30(49)51-5-2)29-41-17-25(45-10-8-44(9-11-45)18-27(47)48)23(42-29)14-19-12-20(32(34,35)36)15-21(13-19)33(37,38)39;/h6-7,12-13,15,17,22H,4-5,8-11,14,16,18,40H2,1-3H3,(H,47,48);/q;+1/p-1/t22-,31+;/m0./s1. The third-order valence-electron chi connectivity index (χ3n) is 8.98. The maximum Gasteiger partial charge on any atom is 1.00 e. The van der Waals surface area contributed by atoms with Crippen LogP contribution in [0.3, 0.4) is 0 Å². The molecule has 0 bridgehead atoms. The zero-order chi connectivity index (χ0) is 37.3. The quantitative estimate of drug-likeness (QED) is 0.246. The summed E-state index contributed by atoms with van der Waals surface area (Å²) in [6.07, 6.45) is -9.57. The van der Waals surface area contributed by atoms with Gasteiger partial charge in [-0.1, -0.05) is 6.92 Å². The molecule has 1 amide bonds. The van der Waals surface area contributed by atoms with E-state index in [0.717, 1.165) is 0 Å². The Hall–Kier alpha value is -3.71. The van der Waals surface area contributed by atoms with Crippen LogP contribution in [-0.2, 0) is 28.3 Å². The minimum atomic E-state index is -5.06. The molecule has 1 fully saturated rings. The van der Waals surface area contributed by atoms with Crippen LogP contribution in [-0.4, -0.2) is 84.0 Å². The number of alkyl halides is 6. The molecule has 2 aliphatic rings. The number of fused-ring (bicyclic) bond motifs is 1. The van der Waals surface area contributed by atoms with E-state index in [-0.39, 0.29) is 111 Å². The van der Waals surface area contributed by atoms with Crippen molar-refractivity contribution in [2.75, 3.05) is 56.2 Å². The molecule has 52 heavy (non-hydrogen) atoms. The summed E-state index contributed by atoms with van der Waals surface area (Å²) in [5, 5.41) is 11.1. The molecule has 12 nitrogen and oxygen atoms in total. The number of piperazine rings is 1. The fourth-order valence-corrected chi connectivity index (χ4v) is 6.41. The van der Waals surface area contributed by atoms with E-state index in [1.54, 1.807) is 29.7 Å². The summed E-state index contributed by atoms with van der Waals surface area (Å²) in [5.74, 6) is -1.75. The van der Waals surface area contributed by atoms with E-state index in [9.17, 15) is 41.0 Å². The van der Waals surface area contributed by atoms with Gasteiger partial charge in [0.25, 0.3) is 0 Å². The number of aromatic nitrogens is 3. The number of carboxylic acids is 1. The first-order valence-corrected chi connectivity index (χ1v) is 16.1. The number of carbonyl (C=O) groups excluding carboxylic acids is 2. The third-order valence-corrected chi connectivity index (χ3v) is 8.98. The first-order valence-electron chi connectivity index (χ1n) is 16.1. The Labute approximate surface area is 317 Å². The number of nitrogens with two attached hydrogens (primary N) is 1. The molecule has 2 aromatic heterocycles. The van der Waals surface area contributed by atoms with Crippen molar-refractivity contribution in [3.63, 3.8) is 0 Å². The molecule has 5 rings (SSSR count). The van der Waals surface area contributed by atoms with Crippen molar-refractivity contribution in [3.8, 4) is 5.88 Å². The number of nitrogens with zero attached hydrogens (tertiary/aromatic N) is 6. The van der Waals surface area contributed by atoms with Crippen LogP contribution in [0.5, 0.6) is 5.88 Å². The van der Waals surface area contributed by atoms with Gasteiger partial charge in [-0.15, -0.1) is 0 Å². The van der Waals surface area contributed by atoms with Crippen molar-refractivity contribution in [1.29, 1.82) is 0 Å². The Balaban J connectivity index is 0.00000605. The number of methoxy groups -OCH3 is 1. The van der Waals surface area contributed by atoms with E-state index in [1.165, 1.54) is 24.3 Å². The number of carbonyl (C=O) groups is 2. The SMILES string of the molecule is CCOC(=O)N1c2ccc(OC)nc2[C@@H](c2ncc(N3CCN(CC(=O)[O-])CC3)c(Cc3cc(C(F)(F)F)cc(C(F)(F)F)c3)n2)C[C@@]1(N)CC.[Na+]. The van der Waals surface area contributed by atoms with Gasteiger partial charge in [-0.3, -0.25) is 9.80 Å². The molecule has 2 aliphatic heterocycles. The van der Waals surface area contributed by atoms with Crippen molar-refractivity contribution in [3.05, 3.63) is 70.4 Å². The summed E-state index contributed by atoms with van der Waals surface area (Å²) < 4.78 is 93.5. The zero-order valence-electron chi connectivity index (χ0n) is 29.0. The molecule has 0 saturated carbocycles. The minimum Gasteiger partial charge on any atom is -0.549 e. The van der Waals surface area contributed by atoms with Crippen LogP contribution < -0.4 is 54.9 Å². The van der Waals surface area contributed by atoms with Crippen molar-refractivity contribution >= 4 is 23.4 Å². The van der Waals surface area contributed by atoms with E-state index in [2.05, 4.69) is 9.97 Å². The van der Waals surface area contributed by atoms with Gasteiger partial charge < -0.3 is 30.0 Å². The monoisotopic (exact) mass is 747 g/mol. The second-order valence-electron chi connectivity index (χ2n) is 12.3. The summed E-state index contributed by atoms with van der Waals surface area (Å²) in [5.41, 5.74) is 3.35. The van der Waals surface area contributed by atoms with E-state index in [1.807, 2.05) is 0 Å². The summed E-state index contributed by atoms with van der Waals surface area (Å²) in [7, 11) is 1.40. The molecule has 2 atom stereocenters. The van der Waals surface area contributed by atoms with Crippen LogP contribution >= 0.6 is 0 Å². The first kappa shape index (κ1) is 41.1. The van der Waals surface area contributed by atoms with Gasteiger partial charge in [0, 0.05) is 45.2 Å². The van der Waals surface area contributed by atoms with Crippen LogP contribution in [0.4, 0.5) is 42.5 Å². The average Bonchev–Trinajstić information content (AvgIpc) is 3.07. The molecular formula is C33H36F6N7NaO5. The smallest absolute Gasteiger partial charge is 0.549 e. The Bertz CT molecular complexity index is 1740. The number of pyridine rings is 1. The molecule has 0 unspecified atom stereocenters. The first-order chi connectivity index (χ1) is 24.0. The third kappa shape index (κ3) is 8.90. The van der Waals surface area contributed by atoms with Crippen LogP contribution in [0.2, 0.25) is 0 Å². The number of amides is 1. The van der Waals surface area contributed by atoms with E-state index >= 15 is 0 Å². The Morgan fingerprint density at radius 2 is 1.62 bits per heavy atom. The fraction of sp³-hybridized carbons (Fsp3) is 0.485. The number of halogens is 6. The molecule has 1 saturated heterocycles. The van der Waals surface area contributed by atoms with Gasteiger partial charge in [-0.2, -0.15) is 26.3 Å². The number of hydrogen-bond acceptors (Lipinski definition) is 11. The van der Waals surface area contributed by atoms with Gasteiger partial charge in [0.1, 0.15) is 11.5 Å². The number of rotatable bonds is 9. The Morgan fingerprint density at radius 3 is 2.15 bits per heavy atom. The van der Waals surface area contributed by atoms with Crippen molar-refractivity contribution in [2.24, 2.45) is 5.73 Å². The predicted octanol–water partition coefficient (Wildman–Crippen LogP) is 0.948. The maximum absolute atomic E-state index is 13.8. The molecule has 0 aliphatic carbocycles. The van der Waals surface area contributed by atoms with Gasteiger partial charge >= 0.3 is 48.0 Å². The summed E-state index contributed by atoms with van der Waals surface area (Å²) in [6.45, 7) is 4.27. The van der Waals surface area contributed by atoms with Crippen LogP contribution in [0.25, 0.3) is 0 Å². The number of ether oxygens (including phenoxy) is 2. The zero-order valence-corrected chi connectivity index (χ0v) is 31.0. The van der Waals surface area contributed by atoms with E-state index in [4.69, 9.17) is 20.2 Å². The largest absolute Gasteiger partial charge is 1.00 e. The number of hydrogen-bond donors (Lipinski definition) is 1. The number of benzene rings is 1. The van der Waals surface area contributed by atoms with Gasteiger partial charge in [-0.05, 0) is 49.6 Å². The minimum absolute atomic E-state index is 0. The van der Waals surface area contributed by atoms with E-state index < -0.39 is 53.5 Å². The molecule has 1 aromatic carbocycles. The van der Waals surface area contributed by atoms with Crippen LogP contribution in [0.15, 0.2) is 36.5 Å². The average molecular weight is 748 g/mol. The number of carboxylic acid groups (broad SMARTS) is 1. The second kappa shape index (κ2) is 16.1. The molecule has 3 aromatic rings. The summed E-state index contributed by atoms with van der Waals surface area (Å²) in [4.78, 5) is 43.1.